The molecule has 0 heterocycles. The van der Waals surface area contributed by atoms with Crippen LogP contribution in [0.5, 0.6) is 0 Å². The van der Waals surface area contributed by atoms with E-state index in [1.807, 2.05) is 63.3 Å². The van der Waals surface area contributed by atoms with Crippen molar-refractivity contribution in [2.24, 2.45) is 0 Å². The Labute approximate surface area is 111 Å². The summed E-state index contributed by atoms with van der Waals surface area (Å²) in [5.41, 5.74) is 4.90. The maximum absolute atomic E-state index is 5.52. The van der Waals surface area contributed by atoms with Crippen LogP contribution in [0, 0.1) is 0 Å². The largest absolute Gasteiger partial charge is 0.494 e. The van der Waals surface area contributed by atoms with Gasteiger partial charge in [0.05, 0.1) is 5.76 Å². The Morgan fingerprint density at radius 3 is 2.56 bits per heavy atom. The number of ether oxygens (including phenoxy) is 1. The first-order valence-electron chi connectivity index (χ1n) is 5.91. The quantitative estimate of drug-likeness (QED) is 0.351. The molecule has 1 nitrogen and oxygen atoms in total. The molecule has 0 aliphatic rings. The molecule has 1 heteroatoms. The van der Waals surface area contributed by atoms with Crippen LogP contribution in [-0.4, -0.2) is 6.61 Å². The molecule has 0 aromatic heterocycles. The number of allylic oxidation sites excluding steroid dienone is 7. The molecule has 0 unspecified atom stereocenters. The average molecular weight is 242 g/mol. The van der Waals surface area contributed by atoms with Crippen molar-refractivity contribution in [3.63, 3.8) is 0 Å². The van der Waals surface area contributed by atoms with Crippen LogP contribution in [0.15, 0.2) is 78.3 Å². The fourth-order valence-electron chi connectivity index (χ4n) is 0.962. The molecule has 0 N–H and O–H groups in total. The summed E-state index contributed by atoms with van der Waals surface area (Å²) in [5, 5.41) is 0. The highest BCUT2D eigenvalue weighted by Crippen LogP contribution is 2.02. The first-order valence-corrected chi connectivity index (χ1v) is 5.91. The molecule has 0 fully saturated rings. The van der Waals surface area contributed by atoms with Gasteiger partial charge in [-0.1, -0.05) is 43.0 Å². The van der Waals surface area contributed by atoms with Gasteiger partial charge in [0.15, 0.2) is 0 Å². The highest BCUT2D eigenvalue weighted by atomic mass is 16.5. The molecule has 0 spiro atoms. The SMILES string of the molecule is C=C(C)/C=C\C=C(/C)OCC(=C)C=C=C/C=C\C. The predicted molar refractivity (Wildman–Crippen MR) is 80.3 cm³/mol. The van der Waals surface area contributed by atoms with Gasteiger partial charge >= 0.3 is 0 Å². The lowest BCUT2D eigenvalue weighted by Gasteiger charge is -2.04. The van der Waals surface area contributed by atoms with Crippen molar-refractivity contribution < 1.29 is 4.74 Å². The third kappa shape index (κ3) is 10.5. The number of hydrogen-bond donors (Lipinski definition) is 0. The van der Waals surface area contributed by atoms with Crippen LogP contribution in [0.25, 0.3) is 0 Å². The predicted octanol–water partition coefficient (Wildman–Crippen LogP) is 4.88. The van der Waals surface area contributed by atoms with Crippen molar-refractivity contribution in [3.8, 4) is 0 Å². The van der Waals surface area contributed by atoms with E-state index >= 15 is 0 Å². The van der Waals surface area contributed by atoms with Crippen LogP contribution in [-0.2, 0) is 4.74 Å². The van der Waals surface area contributed by atoms with Gasteiger partial charge in [0, 0.05) is 0 Å². The summed E-state index contributed by atoms with van der Waals surface area (Å²) in [6.07, 6.45) is 13.3. The summed E-state index contributed by atoms with van der Waals surface area (Å²) < 4.78 is 5.52. The molecule has 0 rings (SSSR count). The minimum absolute atomic E-state index is 0.472. The Kier molecular flexibility index (Phi) is 9.07. The number of rotatable bonds is 7. The zero-order valence-corrected chi connectivity index (χ0v) is 11.6. The van der Waals surface area contributed by atoms with Crippen LogP contribution in [0.4, 0.5) is 0 Å². The molecule has 0 radical (unpaired) electrons. The maximum atomic E-state index is 5.52. The Bertz CT molecular complexity index is 425. The normalized spacial score (nSPS) is 11.4. The van der Waals surface area contributed by atoms with Crippen molar-refractivity contribution in [2.45, 2.75) is 20.8 Å². The second-order valence-corrected chi connectivity index (χ2v) is 3.93. The molecule has 96 valence electrons. The minimum atomic E-state index is 0.472. The van der Waals surface area contributed by atoms with Crippen LogP contribution >= 0.6 is 0 Å². The molecule has 0 atom stereocenters. The summed E-state index contributed by atoms with van der Waals surface area (Å²) in [6, 6.07) is 0. The zero-order valence-electron chi connectivity index (χ0n) is 11.6. The third-order valence-electron chi connectivity index (χ3n) is 1.87. The molecule has 0 bridgehead atoms. The summed E-state index contributed by atoms with van der Waals surface area (Å²) in [7, 11) is 0. The van der Waals surface area contributed by atoms with Gasteiger partial charge in [-0.25, -0.2) is 0 Å². The molecular formula is C17H22O. The third-order valence-corrected chi connectivity index (χ3v) is 1.87. The topological polar surface area (TPSA) is 9.23 Å². The van der Waals surface area contributed by atoms with Gasteiger partial charge in [-0.3, -0.25) is 0 Å². The van der Waals surface area contributed by atoms with E-state index in [0.717, 1.165) is 16.9 Å². The van der Waals surface area contributed by atoms with Crippen LogP contribution in [0.2, 0.25) is 0 Å². The van der Waals surface area contributed by atoms with E-state index in [1.54, 1.807) is 0 Å². The van der Waals surface area contributed by atoms with E-state index < -0.39 is 0 Å². The maximum Gasteiger partial charge on any atom is 0.113 e. The molecule has 0 aromatic carbocycles. The minimum Gasteiger partial charge on any atom is -0.494 e. The van der Waals surface area contributed by atoms with Gasteiger partial charge in [-0.15, -0.1) is 5.73 Å². The summed E-state index contributed by atoms with van der Waals surface area (Å²) >= 11 is 0. The first kappa shape index (κ1) is 16.0. The van der Waals surface area contributed by atoms with Crippen molar-refractivity contribution in [1.29, 1.82) is 0 Å². The highest BCUT2D eigenvalue weighted by Gasteiger charge is 1.90. The van der Waals surface area contributed by atoms with Crippen LogP contribution < -0.4 is 0 Å². The van der Waals surface area contributed by atoms with Gasteiger partial charge in [-0.2, -0.15) is 0 Å². The van der Waals surface area contributed by atoms with E-state index in [4.69, 9.17) is 4.74 Å². The summed E-state index contributed by atoms with van der Waals surface area (Å²) in [5.74, 6) is 0.847. The Morgan fingerprint density at radius 2 is 1.94 bits per heavy atom. The first-order chi connectivity index (χ1) is 8.56. The highest BCUT2D eigenvalue weighted by molar-refractivity contribution is 5.19. The van der Waals surface area contributed by atoms with Crippen LogP contribution in [0.3, 0.4) is 0 Å². The van der Waals surface area contributed by atoms with Crippen molar-refractivity contribution in [2.75, 3.05) is 6.61 Å². The second kappa shape index (κ2) is 10.2. The van der Waals surface area contributed by atoms with Gasteiger partial charge in [0.25, 0.3) is 0 Å². The van der Waals surface area contributed by atoms with Gasteiger partial charge in [0.2, 0.25) is 0 Å². The molecule has 0 aromatic rings. The van der Waals surface area contributed by atoms with Gasteiger partial charge < -0.3 is 4.74 Å². The van der Waals surface area contributed by atoms with E-state index in [9.17, 15) is 0 Å². The average Bonchev–Trinajstić information content (AvgIpc) is 2.31. The van der Waals surface area contributed by atoms with Crippen molar-refractivity contribution >= 4 is 0 Å². The molecule has 0 saturated carbocycles. The molecule has 0 aliphatic heterocycles. The Hall–Kier alpha value is -1.98. The zero-order chi connectivity index (χ0) is 13.8. The monoisotopic (exact) mass is 242 g/mol. The van der Waals surface area contributed by atoms with E-state index in [1.165, 1.54) is 0 Å². The lowest BCUT2D eigenvalue weighted by molar-refractivity contribution is 0.244. The molecule has 0 aliphatic carbocycles. The fourth-order valence-corrected chi connectivity index (χ4v) is 0.962. The summed E-state index contributed by atoms with van der Waals surface area (Å²) in [4.78, 5) is 0. The number of hydrogen-bond acceptors (Lipinski definition) is 1. The van der Waals surface area contributed by atoms with Crippen LogP contribution in [0.1, 0.15) is 20.8 Å². The smallest absolute Gasteiger partial charge is 0.113 e. The lowest BCUT2D eigenvalue weighted by atomic mass is 10.3. The van der Waals surface area contributed by atoms with E-state index in [2.05, 4.69) is 18.9 Å². The van der Waals surface area contributed by atoms with Crippen molar-refractivity contribution in [3.05, 3.63) is 78.3 Å². The van der Waals surface area contributed by atoms with E-state index in [0.29, 0.717) is 6.61 Å². The fraction of sp³-hybridized carbons (Fsp3) is 0.235. The second-order valence-electron chi connectivity index (χ2n) is 3.93. The molecule has 0 saturated heterocycles. The Morgan fingerprint density at radius 1 is 1.22 bits per heavy atom. The van der Waals surface area contributed by atoms with E-state index in [-0.39, 0.29) is 0 Å². The van der Waals surface area contributed by atoms with Gasteiger partial charge in [-0.05, 0) is 44.6 Å². The summed E-state index contributed by atoms with van der Waals surface area (Å²) in [6.45, 7) is 14.0. The Balaban J connectivity index is 4.13. The standard InChI is InChI=1S/C17H22O/c1-6-7-8-9-12-16(4)14-18-17(5)13-10-11-15(2)3/h6-8,10-13H,2,4,14H2,1,3,5H3/b7-6-,11-10-,17-13+. The molecular weight excluding hydrogens is 220 g/mol. The molecule has 18 heavy (non-hydrogen) atoms. The van der Waals surface area contributed by atoms with Crippen molar-refractivity contribution in [1.82, 2.24) is 0 Å². The molecule has 0 amide bonds. The lowest BCUT2D eigenvalue weighted by Crippen LogP contribution is -1.92. The van der Waals surface area contributed by atoms with Gasteiger partial charge in [0.1, 0.15) is 6.61 Å².